The van der Waals surface area contributed by atoms with Gasteiger partial charge in [-0.05, 0) is 19.1 Å². The van der Waals surface area contributed by atoms with Crippen molar-refractivity contribution in [3.63, 3.8) is 0 Å². The minimum absolute atomic E-state index is 0.177. The first-order chi connectivity index (χ1) is 8.66. The van der Waals surface area contributed by atoms with Crippen LogP contribution in [0.3, 0.4) is 0 Å². The quantitative estimate of drug-likeness (QED) is 0.802. The molecule has 4 heteroatoms. The molecule has 0 saturated heterocycles. The van der Waals surface area contributed by atoms with Crippen molar-refractivity contribution in [1.29, 1.82) is 0 Å². The van der Waals surface area contributed by atoms with Crippen molar-refractivity contribution in [2.45, 2.75) is 6.92 Å². The van der Waals surface area contributed by atoms with Crippen LogP contribution in [-0.2, 0) is 7.05 Å². The molecule has 0 radical (unpaired) electrons. The van der Waals surface area contributed by atoms with Gasteiger partial charge >= 0.3 is 0 Å². The molecule has 3 rings (SSSR count). The third-order valence-corrected chi connectivity index (χ3v) is 3.16. The molecule has 1 aromatic heterocycles. The summed E-state index contributed by atoms with van der Waals surface area (Å²) in [5.41, 5.74) is 1.67. The summed E-state index contributed by atoms with van der Waals surface area (Å²) in [5.74, 6) is 0.956. The van der Waals surface area contributed by atoms with Gasteiger partial charge in [-0.25, -0.2) is 4.98 Å². The minimum atomic E-state index is 0.177. The maximum Gasteiger partial charge on any atom is 0.218 e. The van der Waals surface area contributed by atoms with Gasteiger partial charge in [-0.2, -0.15) is 0 Å². The Labute approximate surface area is 104 Å². The third kappa shape index (κ3) is 1.54. The number of rotatable bonds is 1. The number of nitrogens with zero attached hydrogens (tertiary/aromatic N) is 3. The zero-order valence-electron chi connectivity index (χ0n) is 10.3. The zero-order valence-corrected chi connectivity index (χ0v) is 10.3. The molecule has 1 N–H and O–H groups in total. The van der Waals surface area contributed by atoms with E-state index < -0.39 is 0 Å². The lowest BCUT2D eigenvalue weighted by Crippen LogP contribution is -2.25. The highest BCUT2D eigenvalue weighted by Crippen LogP contribution is 2.17. The first-order valence-electron chi connectivity index (χ1n) is 5.74. The van der Waals surface area contributed by atoms with E-state index in [2.05, 4.69) is 9.98 Å². The summed E-state index contributed by atoms with van der Waals surface area (Å²) in [7, 11) is 1.79. The molecule has 0 amide bonds. The Kier molecular flexibility index (Phi) is 2.30. The number of benzene rings is 1. The van der Waals surface area contributed by atoms with Crippen molar-refractivity contribution in [2.24, 2.45) is 12.0 Å². The second-order valence-electron chi connectivity index (χ2n) is 4.30. The molecule has 0 spiro atoms. The highest BCUT2D eigenvalue weighted by Gasteiger charge is 2.08. The maximum absolute atomic E-state index is 9.95. The number of imidazole rings is 1. The van der Waals surface area contributed by atoms with E-state index in [9.17, 15) is 5.11 Å². The molecule has 18 heavy (non-hydrogen) atoms. The topological polar surface area (TPSA) is 50.4 Å². The average molecular weight is 239 g/mol. The number of hydrogen-bond donors (Lipinski definition) is 1. The van der Waals surface area contributed by atoms with Crippen LogP contribution in [0.5, 0.6) is 5.88 Å². The minimum Gasteiger partial charge on any atom is -0.493 e. The van der Waals surface area contributed by atoms with E-state index in [0.717, 1.165) is 22.0 Å². The van der Waals surface area contributed by atoms with Crippen LogP contribution in [0.15, 0.2) is 29.4 Å². The van der Waals surface area contributed by atoms with Gasteiger partial charge in [-0.15, -0.1) is 0 Å². The highest BCUT2D eigenvalue weighted by molar-refractivity contribution is 5.56. The van der Waals surface area contributed by atoms with Gasteiger partial charge in [0.05, 0.1) is 5.36 Å². The third-order valence-electron chi connectivity index (χ3n) is 3.16. The first-order valence-corrected chi connectivity index (χ1v) is 5.74. The Hall–Kier alpha value is -2.36. The van der Waals surface area contributed by atoms with E-state index in [1.165, 1.54) is 0 Å². The lowest BCUT2D eigenvalue weighted by Gasteiger charge is -1.95. The predicted molar refractivity (Wildman–Crippen MR) is 69.4 cm³/mol. The molecular weight excluding hydrogens is 226 g/mol. The Morgan fingerprint density at radius 2 is 2.17 bits per heavy atom. The van der Waals surface area contributed by atoms with Crippen LogP contribution < -0.4 is 10.6 Å². The lowest BCUT2D eigenvalue weighted by molar-refractivity contribution is 0.429. The number of hydrogen-bond acceptors (Lipinski definition) is 3. The smallest absolute Gasteiger partial charge is 0.218 e. The molecule has 0 atom stereocenters. The Morgan fingerprint density at radius 3 is 2.89 bits per heavy atom. The summed E-state index contributed by atoms with van der Waals surface area (Å²) in [6.07, 6.45) is 5.61. The van der Waals surface area contributed by atoms with Crippen molar-refractivity contribution < 1.29 is 5.11 Å². The average Bonchev–Trinajstić information content (AvgIpc) is 2.92. The van der Waals surface area contributed by atoms with Gasteiger partial charge < -0.3 is 9.67 Å². The van der Waals surface area contributed by atoms with Crippen LogP contribution in [-0.4, -0.2) is 14.7 Å². The SMILES string of the molecule is Cc1nc(C=c2cccc3c2=NC=C3)c(O)n1C. The fourth-order valence-corrected chi connectivity index (χ4v) is 2.04. The number of para-hydroxylation sites is 1. The largest absolute Gasteiger partial charge is 0.493 e. The summed E-state index contributed by atoms with van der Waals surface area (Å²) < 4.78 is 1.66. The first kappa shape index (κ1) is 10.8. The van der Waals surface area contributed by atoms with E-state index in [1.807, 2.05) is 37.3 Å². The summed E-state index contributed by atoms with van der Waals surface area (Å²) in [6.45, 7) is 1.86. The Bertz CT molecular complexity index is 769. The summed E-state index contributed by atoms with van der Waals surface area (Å²) in [5, 5.41) is 11.8. The predicted octanol–water partition coefficient (Wildman–Crippen LogP) is 0.867. The van der Waals surface area contributed by atoms with E-state index in [0.29, 0.717) is 5.69 Å². The van der Waals surface area contributed by atoms with Crippen LogP contribution in [0.25, 0.3) is 12.2 Å². The second-order valence-corrected chi connectivity index (χ2v) is 4.30. The standard InChI is InChI=1S/C14H13N3O/c1-9-16-12(14(18)17(9)2)8-11-5-3-4-10-6-7-15-13(10)11/h3-8,18H,1-2H3. The number of aryl methyl sites for hydroxylation is 1. The molecule has 4 nitrogen and oxygen atoms in total. The number of fused-ring (bicyclic) bond motifs is 1. The van der Waals surface area contributed by atoms with Gasteiger partial charge in [-0.3, -0.25) is 4.99 Å². The molecule has 0 aliphatic carbocycles. The molecule has 0 saturated carbocycles. The highest BCUT2D eigenvalue weighted by atomic mass is 16.3. The molecule has 1 aliphatic heterocycles. The molecular formula is C14H13N3O. The van der Waals surface area contributed by atoms with Gasteiger partial charge in [0, 0.05) is 24.0 Å². The Balaban J connectivity index is 2.25. The van der Waals surface area contributed by atoms with Crippen molar-refractivity contribution in [3.8, 4) is 5.88 Å². The fourth-order valence-electron chi connectivity index (χ4n) is 2.04. The lowest BCUT2D eigenvalue weighted by atomic mass is 10.1. The molecule has 0 bridgehead atoms. The van der Waals surface area contributed by atoms with Crippen LogP contribution in [0.2, 0.25) is 0 Å². The zero-order chi connectivity index (χ0) is 12.7. The summed E-state index contributed by atoms with van der Waals surface area (Å²) in [4.78, 5) is 8.65. The van der Waals surface area contributed by atoms with Gasteiger partial charge in [-0.1, -0.05) is 18.2 Å². The molecule has 2 heterocycles. The van der Waals surface area contributed by atoms with E-state index in [-0.39, 0.29) is 5.88 Å². The summed E-state index contributed by atoms with van der Waals surface area (Å²) >= 11 is 0. The number of aromatic hydroxyl groups is 1. The molecule has 1 aromatic carbocycles. The fraction of sp³-hybridized carbons (Fsp3) is 0.143. The van der Waals surface area contributed by atoms with Crippen molar-refractivity contribution in [3.05, 3.63) is 52.1 Å². The molecule has 0 fully saturated rings. The Morgan fingerprint density at radius 1 is 1.33 bits per heavy atom. The second kappa shape index (κ2) is 3.84. The van der Waals surface area contributed by atoms with Crippen molar-refractivity contribution >= 4 is 12.2 Å². The van der Waals surface area contributed by atoms with Crippen molar-refractivity contribution in [2.75, 3.05) is 0 Å². The molecule has 1 aliphatic rings. The van der Waals surface area contributed by atoms with E-state index in [1.54, 1.807) is 17.8 Å². The van der Waals surface area contributed by atoms with Gasteiger partial charge in [0.25, 0.3) is 0 Å². The van der Waals surface area contributed by atoms with Crippen LogP contribution in [0, 0.1) is 6.92 Å². The van der Waals surface area contributed by atoms with Crippen LogP contribution in [0.4, 0.5) is 0 Å². The van der Waals surface area contributed by atoms with Crippen LogP contribution in [0.1, 0.15) is 17.1 Å². The van der Waals surface area contributed by atoms with E-state index >= 15 is 0 Å². The van der Waals surface area contributed by atoms with Gasteiger partial charge in [0.1, 0.15) is 11.5 Å². The van der Waals surface area contributed by atoms with Gasteiger partial charge in [0.15, 0.2) is 0 Å². The van der Waals surface area contributed by atoms with Crippen LogP contribution >= 0.6 is 0 Å². The van der Waals surface area contributed by atoms with E-state index in [4.69, 9.17) is 0 Å². The maximum atomic E-state index is 9.95. The normalized spacial score (nSPS) is 13.8. The summed E-state index contributed by atoms with van der Waals surface area (Å²) in [6, 6.07) is 5.96. The van der Waals surface area contributed by atoms with Crippen molar-refractivity contribution in [1.82, 2.24) is 9.55 Å². The monoisotopic (exact) mass is 239 g/mol. The molecule has 0 unspecified atom stereocenters. The molecule has 2 aromatic rings. The number of aromatic nitrogens is 2. The molecule has 90 valence electrons. The van der Waals surface area contributed by atoms with Gasteiger partial charge in [0.2, 0.25) is 5.88 Å².